The van der Waals surface area contributed by atoms with Gasteiger partial charge in [0.1, 0.15) is 5.82 Å². The number of hydrogen-bond donors (Lipinski definition) is 1. The summed E-state index contributed by atoms with van der Waals surface area (Å²) in [6.07, 6.45) is 4.28. The highest BCUT2D eigenvalue weighted by Crippen LogP contribution is 2.31. The summed E-state index contributed by atoms with van der Waals surface area (Å²) in [6.45, 7) is 6.94. The Bertz CT molecular complexity index is 820. The van der Waals surface area contributed by atoms with Crippen molar-refractivity contribution in [3.8, 4) is 0 Å². The molecule has 1 fully saturated rings. The van der Waals surface area contributed by atoms with Crippen molar-refractivity contribution in [1.29, 1.82) is 0 Å². The molecule has 0 spiro atoms. The number of nitrogens with zero attached hydrogens (tertiary/aromatic N) is 2. The van der Waals surface area contributed by atoms with Crippen molar-refractivity contribution < 1.29 is 0 Å². The van der Waals surface area contributed by atoms with Gasteiger partial charge in [0.15, 0.2) is 0 Å². The molecule has 2 aliphatic rings. The van der Waals surface area contributed by atoms with E-state index in [4.69, 9.17) is 4.98 Å². The zero-order valence-electron chi connectivity index (χ0n) is 14.6. The highest BCUT2D eigenvalue weighted by atomic mass is 16.1. The van der Waals surface area contributed by atoms with E-state index in [1.54, 1.807) is 0 Å². The van der Waals surface area contributed by atoms with E-state index in [-0.39, 0.29) is 5.56 Å². The topological polar surface area (TPSA) is 49.0 Å². The van der Waals surface area contributed by atoms with Crippen molar-refractivity contribution in [2.75, 3.05) is 6.54 Å². The van der Waals surface area contributed by atoms with Gasteiger partial charge in [-0.25, -0.2) is 4.98 Å². The molecule has 4 rings (SSSR count). The van der Waals surface area contributed by atoms with Gasteiger partial charge in [0.2, 0.25) is 0 Å². The van der Waals surface area contributed by atoms with Gasteiger partial charge in [-0.15, -0.1) is 0 Å². The molecule has 4 heteroatoms. The second kappa shape index (κ2) is 6.17. The largest absolute Gasteiger partial charge is 0.310 e. The van der Waals surface area contributed by atoms with Crippen LogP contribution in [0.15, 0.2) is 23.0 Å². The van der Waals surface area contributed by atoms with E-state index in [0.29, 0.717) is 0 Å². The normalized spacial score (nSPS) is 17.8. The molecule has 1 aromatic carbocycles. The van der Waals surface area contributed by atoms with Crippen LogP contribution in [-0.2, 0) is 25.9 Å². The molecular formula is C20H25N3O. The first kappa shape index (κ1) is 15.6. The van der Waals surface area contributed by atoms with Gasteiger partial charge in [-0.2, -0.15) is 0 Å². The third-order valence-electron chi connectivity index (χ3n) is 5.36. The quantitative estimate of drug-likeness (QED) is 0.941. The fraction of sp³-hybridized carbons (Fsp3) is 0.500. The maximum Gasteiger partial charge on any atom is 0.254 e. The number of hydrogen-bond acceptors (Lipinski definition) is 3. The Morgan fingerprint density at radius 3 is 2.83 bits per heavy atom. The van der Waals surface area contributed by atoms with E-state index in [2.05, 4.69) is 41.9 Å². The second-order valence-electron chi connectivity index (χ2n) is 7.46. The Balaban J connectivity index is 1.52. The zero-order chi connectivity index (χ0) is 16.7. The monoisotopic (exact) mass is 323 g/mol. The summed E-state index contributed by atoms with van der Waals surface area (Å²) in [6, 6.07) is 6.68. The number of aromatic nitrogens is 2. The first-order valence-electron chi connectivity index (χ1n) is 8.98. The first-order valence-corrected chi connectivity index (χ1v) is 8.98. The number of H-pyrrole nitrogens is 1. The molecule has 1 saturated carbocycles. The van der Waals surface area contributed by atoms with Crippen LogP contribution in [0.2, 0.25) is 0 Å². The maximum atomic E-state index is 12.3. The zero-order valence-corrected chi connectivity index (χ0v) is 14.6. The molecule has 2 heterocycles. The summed E-state index contributed by atoms with van der Waals surface area (Å²) in [5, 5.41) is 0. The minimum absolute atomic E-state index is 0.0847. The van der Waals surface area contributed by atoms with Crippen molar-refractivity contribution in [2.45, 2.75) is 52.6 Å². The predicted octanol–water partition coefficient (Wildman–Crippen LogP) is 2.90. The molecule has 24 heavy (non-hydrogen) atoms. The van der Waals surface area contributed by atoms with Gasteiger partial charge < -0.3 is 4.98 Å². The van der Waals surface area contributed by atoms with E-state index < -0.39 is 0 Å². The van der Waals surface area contributed by atoms with Crippen molar-refractivity contribution in [2.24, 2.45) is 5.92 Å². The summed E-state index contributed by atoms with van der Waals surface area (Å²) in [4.78, 5) is 22.5. The van der Waals surface area contributed by atoms with Crippen LogP contribution >= 0.6 is 0 Å². The fourth-order valence-corrected chi connectivity index (χ4v) is 3.53. The summed E-state index contributed by atoms with van der Waals surface area (Å²) in [7, 11) is 0. The van der Waals surface area contributed by atoms with Crippen molar-refractivity contribution in [3.05, 3.63) is 62.3 Å². The molecule has 0 unspecified atom stereocenters. The molecule has 0 bridgehead atoms. The summed E-state index contributed by atoms with van der Waals surface area (Å²) >= 11 is 0. The molecule has 4 nitrogen and oxygen atoms in total. The molecule has 0 amide bonds. The molecule has 1 aromatic heterocycles. The van der Waals surface area contributed by atoms with Crippen LogP contribution in [0.1, 0.15) is 46.6 Å². The highest BCUT2D eigenvalue weighted by molar-refractivity contribution is 5.30. The number of aromatic amines is 1. The van der Waals surface area contributed by atoms with Crippen molar-refractivity contribution in [1.82, 2.24) is 14.9 Å². The minimum Gasteiger partial charge on any atom is -0.310 e. The standard InChI is InChI=1S/C20H25N3O/c1-13-3-4-16(9-14(13)2)11-23-8-7-17-18(12-23)21-19(22-20(17)24)10-15-5-6-15/h3-4,9,15H,5-8,10-12H2,1-2H3,(H,21,22,24). The summed E-state index contributed by atoms with van der Waals surface area (Å²) < 4.78 is 0. The van der Waals surface area contributed by atoms with E-state index in [0.717, 1.165) is 55.5 Å². The Hall–Kier alpha value is -1.94. The maximum absolute atomic E-state index is 12.3. The average Bonchev–Trinajstić information content (AvgIpc) is 3.35. The smallest absolute Gasteiger partial charge is 0.254 e. The Morgan fingerprint density at radius 2 is 2.08 bits per heavy atom. The number of fused-ring (bicyclic) bond motifs is 1. The number of rotatable bonds is 4. The van der Waals surface area contributed by atoms with Crippen molar-refractivity contribution in [3.63, 3.8) is 0 Å². The van der Waals surface area contributed by atoms with E-state index in [9.17, 15) is 4.79 Å². The lowest BCUT2D eigenvalue weighted by Crippen LogP contribution is -2.35. The van der Waals surface area contributed by atoms with Gasteiger partial charge in [-0.3, -0.25) is 9.69 Å². The Morgan fingerprint density at radius 1 is 1.25 bits per heavy atom. The SMILES string of the molecule is Cc1ccc(CN2CCc3c(nc(CC4CC4)[nH]c3=O)C2)cc1C. The van der Waals surface area contributed by atoms with Crippen LogP contribution in [0.3, 0.4) is 0 Å². The van der Waals surface area contributed by atoms with Crippen LogP contribution in [0.5, 0.6) is 0 Å². The number of benzene rings is 1. The average molecular weight is 323 g/mol. The molecule has 1 aliphatic carbocycles. The third-order valence-corrected chi connectivity index (χ3v) is 5.36. The van der Waals surface area contributed by atoms with E-state index in [1.807, 2.05) is 0 Å². The van der Waals surface area contributed by atoms with Gasteiger partial charge in [0, 0.05) is 31.6 Å². The van der Waals surface area contributed by atoms with Crippen LogP contribution < -0.4 is 5.56 Å². The van der Waals surface area contributed by atoms with Crippen molar-refractivity contribution >= 4 is 0 Å². The lowest BCUT2D eigenvalue weighted by atomic mass is 10.0. The van der Waals surface area contributed by atoms with Gasteiger partial charge in [0.25, 0.3) is 5.56 Å². The molecule has 0 atom stereocenters. The number of aryl methyl sites for hydroxylation is 2. The molecule has 126 valence electrons. The lowest BCUT2D eigenvalue weighted by molar-refractivity contribution is 0.240. The fourth-order valence-electron chi connectivity index (χ4n) is 3.53. The highest BCUT2D eigenvalue weighted by Gasteiger charge is 2.25. The summed E-state index contributed by atoms with van der Waals surface area (Å²) in [5.41, 5.74) is 5.98. The van der Waals surface area contributed by atoms with Gasteiger partial charge >= 0.3 is 0 Å². The molecule has 2 aromatic rings. The molecular weight excluding hydrogens is 298 g/mol. The number of nitrogens with one attached hydrogen (secondary N) is 1. The first-order chi connectivity index (χ1) is 11.6. The predicted molar refractivity (Wildman–Crippen MR) is 95.0 cm³/mol. The van der Waals surface area contributed by atoms with Crippen LogP contribution in [0.25, 0.3) is 0 Å². The second-order valence-corrected chi connectivity index (χ2v) is 7.46. The summed E-state index contributed by atoms with van der Waals surface area (Å²) in [5.74, 6) is 1.62. The van der Waals surface area contributed by atoms with Crippen LogP contribution in [-0.4, -0.2) is 21.4 Å². The molecule has 1 N–H and O–H groups in total. The van der Waals surface area contributed by atoms with E-state index in [1.165, 1.54) is 29.5 Å². The van der Waals surface area contributed by atoms with Gasteiger partial charge in [-0.1, -0.05) is 18.2 Å². The van der Waals surface area contributed by atoms with Gasteiger partial charge in [-0.05, 0) is 55.7 Å². The molecule has 0 radical (unpaired) electrons. The van der Waals surface area contributed by atoms with Crippen LogP contribution in [0, 0.1) is 19.8 Å². The van der Waals surface area contributed by atoms with Crippen LogP contribution in [0.4, 0.5) is 0 Å². The Kier molecular flexibility index (Phi) is 4.01. The molecule has 1 aliphatic heterocycles. The molecule has 0 saturated heterocycles. The third kappa shape index (κ3) is 3.29. The van der Waals surface area contributed by atoms with Gasteiger partial charge in [0.05, 0.1) is 5.69 Å². The van der Waals surface area contributed by atoms with E-state index >= 15 is 0 Å². The lowest BCUT2D eigenvalue weighted by Gasteiger charge is -2.28. The minimum atomic E-state index is 0.0847. The Labute approximate surface area is 142 Å².